The second-order valence-electron chi connectivity index (χ2n) is 3.96. The van der Waals surface area contributed by atoms with Crippen LogP contribution in [0.1, 0.15) is 25.7 Å². The van der Waals surface area contributed by atoms with Crippen LogP contribution >= 0.6 is 54.8 Å². The van der Waals surface area contributed by atoms with Crippen LogP contribution in [0, 0.1) is 13.8 Å². The summed E-state index contributed by atoms with van der Waals surface area (Å²) < 4.78 is 1.14. The van der Waals surface area contributed by atoms with Gasteiger partial charge in [0.15, 0.2) is 0 Å². The van der Waals surface area contributed by atoms with Crippen LogP contribution in [0.25, 0.3) is 0 Å². The molecule has 0 aliphatic heterocycles. The SMILES string of the molecule is Cc1ccc(C(Br)c2sc(C)cc2Br)c(Cl)c1. The van der Waals surface area contributed by atoms with E-state index < -0.39 is 0 Å². The number of hydrogen-bond donors (Lipinski definition) is 0. The lowest BCUT2D eigenvalue weighted by Crippen LogP contribution is -1.92. The Morgan fingerprint density at radius 2 is 1.94 bits per heavy atom. The van der Waals surface area contributed by atoms with E-state index in [1.54, 1.807) is 11.3 Å². The average molecular weight is 395 g/mol. The third-order valence-corrected chi connectivity index (χ3v) is 6.11. The van der Waals surface area contributed by atoms with Gasteiger partial charge in [0.25, 0.3) is 0 Å². The maximum atomic E-state index is 6.29. The first-order valence-corrected chi connectivity index (χ1v) is 8.05. The first-order chi connectivity index (χ1) is 7.99. The van der Waals surface area contributed by atoms with Gasteiger partial charge in [-0.25, -0.2) is 0 Å². The van der Waals surface area contributed by atoms with E-state index in [-0.39, 0.29) is 4.83 Å². The Kier molecular flexibility index (Phi) is 4.35. The first kappa shape index (κ1) is 13.6. The van der Waals surface area contributed by atoms with Gasteiger partial charge in [0.1, 0.15) is 0 Å². The quantitative estimate of drug-likeness (QED) is 0.527. The van der Waals surface area contributed by atoms with Gasteiger partial charge >= 0.3 is 0 Å². The predicted octanol–water partition coefficient (Wildman–Crippen LogP) is 6.27. The molecule has 0 N–H and O–H groups in total. The minimum absolute atomic E-state index is 0.142. The molecule has 0 amide bonds. The molecule has 1 atom stereocenters. The molecule has 1 aromatic carbocycles. The number of rotatable bonds is 2. The van der Waals surface area contributed by atoms with Crippen LogP contribution in [0.4, 0.5) is 0 Å². The van der Waals surface area contributed by atoms with Crippen LogP contribution < -0.4 is 0 Å². The van der Waals surface area contributed by atoms with Crippen LogP contribution in [-0.2, 0) is 0 Å². The van der Waals surface area contributed by atoms with Crippen molar-refractivity contribution >= 4 is 54.8 Å². The molecule has 0 bridgehead atoms. The molecule has 0 fully saturated rings. The maximum Gasteiger partial charge on any atom is 0.0763 e. The highest BCUT2D eigenvalue weighted by Gasteiger charge is 2.18. The lowest BCUT2D eigenvalue weighted by Gasteiger charge is -2.11. The second-order valence-corrected chi connectivity index (χ2v) is 7.42. The standard InChI is InChI=1S/C13H11Br2ClS/c1-7-3-4-9(11(16)5-7)12(15)13-10(14)6-8(2)17-13/h3-6,12H,1-2H3. The largest absolute Gasteiger partial charge is 0.143 e. The molecule has 1 unspecified atom stereocenters. The summed E-state index contributed by atoms with van der Waals surface area (Å²) >= 11 is 15.4. The van der Waals surface area contributed by atoms with Crippen molar-refractivity contribution < 1.29 is 0 Å². The van der Waals surface area contributed by atoms with E-state index in [1.807, 2.05) is 13.0 Å². The van der Waals surface area contributed by atoms with Crippen LogP contribution in [0.3, 0.4) is 0 Å². The highest BCUT2D eigenvalue weighted by molar-refractivity contribution is 9.11. The van der Waals surface area contributed by atoms with E-state index in [9.17, 15) is 0 Å². The summed E-state index contributed by atoms with van der Waals surface area (Å²) in [5.41, 5.74) is 2.29. The van der Waals surface area contributed by atoms with E-state index >= 15 is 0 Å². The van der Waals surface area contributed by atoms with Gasteiger partial charge in [-0.05, 0) is 53.0 Å². The Morgan fingerprint density at radius 3 is 2.47 bits per heavy atom. The molecule has 0 saturated heterocycles. The highest BCUT2D eigenvalue weighted by atomic mass is 79.9. The number of alkyl halides is 1. The third kappa shape index (κ3) is 2.95. The zero-order valence-corrected chi connectivity index (χ0v) is 14.2. The molecule has 0 radical (unpaired) electrons. The fourth-order valence-corrected chi connectivity index (χ4v) is 5.24. The fraction of sp³-hybridized carbons (Fsp3) is 0.231. The normalized spacial score (nSPS) is 12.8. The molecule has 2 rings (SSSR count). The van der Waals surface area contributed by atoms with Crippen molar-refractivity contribution in [3.63, 3.8) is 0 Å². The van der Waals surface area contributed by atoms with Gasteiger partial charge in [0.2, 0.25) is 0 Å². The van der Waals surface area contributed by atoms with Crippen LogP contribution in [0.5, 0.6) is 0 Å². The van der Waals surface area contributed by atoms with Gasteiger partial charge < -0.3 is 0 Å². The lowest BCUT2D eigenvalue weighted by molar-refractivity contribution is 1.21. The molecule has 0 saturated carbocycles. The molecule has 0 spiro atoms. The molecule has 90 valence electrons. The molecule has 1 heterocycles. The van der Waals surface area contributed by atoms with Crippen molar-refractivity contribution in [2.24, 2.45) is 0 Å². The van der Waals surface area contributed by atoms with Gasteiger partial charge in [-0.15, -0.1) is 11.3 Å². The molecule has 0 aliphatic carbocycles. The lowest BCUT2D eigenvalue weighted by atomic mass is 10.1. The molecule has 4 heteroatoms. The summed E-state index contributed by atoms with van der Waals surface area (Å²) in [5.74, 6) is 0. The zero-order chi connectivity index (χ0) is 12.6. The Balaban J connectivity index is 2.43. The monoisotopic (exact) mass is 392 g/mol. The fourth-order valence-electron chi connectivity index (χ4n) is 1.65. The molecular formula is C13H11Br2ClS. The number of hydrogen-bond acceptors (Lipinski definition) is 1. The molecule has 0 aliphatic rings. The Bertz CT molecular complexity index is 548. The smallest absolute Gasteiger partial charge is 0.0763 e. The molecule has 17 heavy (non-hydrogen) atoms. The highest BCUT2D eigenvalue weighted by Crippen LogP contribution is 2.42. The second kappa shape index (κ2) is 5.43. The van der Waals surface area contributed by atoms with Crippen LogP contribution in [0.15, 0.2) is 28.7 Å². The van der Waals surface area contributed by atoms with Crippen molar-refractivity contribution in [1.82, 2.24) is 0 Å². The number of aryl methyl sites for hydroxylation is 2. The Hall–Kier alpha value is 0.170. The van der Waals surface area contributed by atoms with E-state index in [1.165, 1.54) is 15.3 Å². The summed E-state index contributed by atoms with van der Waals surface area (Å²) in [6.45, 7) is 4.15. The van der Waals surface area contributed by atoms with E-state index in [0.717, 1.165) is 15.1 Å². The van der Waals surface area contributed by atoms with Crippen LogP contribution in [0.2, 0.25) is 5.02 Å². The Labute approximate surface area is 127 Å². The van der Waals surface area contributed by atoms with Crippen molar-refractivity contribution in [3.8, 4) is 0 Å². The molecule has 1 aromatic heterocycles. The van der Waals surface area contributed by atoms with E-state index in [4.69, 9.17) is 11.6 Å². The number of thiophene rings is 1. The topological polar surface area (TPSA) is 0 Å². The summed E-state index contributed by atoms with van der Waals surface area (Å²) in [6.07, 6.45) is 0. The van der Waals surface area contributed by atoms with Gasteiger partial charge in [-0.3, -0.25) is 0 Å². The number of halogens is 3. The Morgan fingerprint density at radius 1 is 1.24 bits per heavy atom. The van der Waals surface area contributed by atoms with Crippen molar-refractivity contribution in [2.45, 2.75) is 18.7 Å². The van der Waals surface area contributed by atoms with Crippen molar-refractivity contribution in [3.05, 3.63) is 54.6 Å². The summed E-state index contributed by atoms with van der Waals surface area (Å²) in [4.78, 5) is 2.69. The minimum atomic E-state index is 0.142. The molecular weight excluding hydrogens is 383 g/mol. The number of benzene rings is 1. The first-order valence-electron chi connectivity index (χ1n) is 5.15. The van der Waals surface area contributed by atoms with Gasteiger partial charge in [-0.1, -0.05) is 39.7 Å². The minimum Gasteiger partial charge on any atom is -0.143 e. The van der Waals surface area contributed by atoms with Crippen molar-refractivity contribution in [2.75, 3.05) is 0 Å². The molecule has 2 aromatic rings. The average Bonchev–Trinajstić information content (AvgIpc) is 2.57. The summed E-state index contributed by atoms with van der Waals surface area (Å²) in [5, 5.41) is 0.810. The summed E-state index contributed by atoms with van der Waals surface area (Å²) in [6, 6.07) is 8.30. The van der Waals surface area contributed by atoms with Crippen molar-refractivity contribution in [1.29, 1.82) is 0 Å². The predicted molar refractivity (Wildman–Crippen MR) is 83.7 cm³/mol. The van der Waals surface area contributed by atoms with Crippen LogP contribution in [-0.4, -0.2) is 0 Å². The maximum absolute atomic E-state index is 6.29. The van der Waals surface area contributed by atoms with Gasteiger partial charge in [-0.2, -0.15) is 0 Å². The summed E-state index contributed by atoms with van der Waals surface area (Å²) in [7, 11) is 0. The van der Waals surface area contributed by atoms with E-state index in [0.29, 0.717) is 0 Å². The molecule has 0 nitrogen and oxygen atoms in total. The van der Waals surface area contributed by atoms with Gasteiger partial charge in [0.05, 0.1) is 4.83 Å². The zero-order valence-electron chi connectivity index (χ0n) is 9.43. The van der Waals surface area contributed by atoms with E-state index in [2.05, 4.69) is 57.0 Å². The van der Waals surface area contributed by atoms with Gasteiger partial charge in [0, 0.05) is 19.2 Å². The third-order valence-electron chi connectivity index (χ3n) is 2.50.